The fourth-order valence-corrected chi connectivity index (χ4v) is 3.94. The van der Waals surface area contributed by atoms with E-state index in [1.165, 1.54) is 5.56 Å². The number of aliphatic imine (C=N–C) groups is 1. The molecule has 1 atom stereocenters. The van der Waals surface area contributed by atoms with E-state index < -0.39 is 5.60 Å². The highest BCUT2D eigenvalue weighted by Crippen LogP contribution is 2.26. The van der Waals surface area contributed by atoms with Gasteiger partial charge in [-0.2, -0.15) is 0 Å². The summed E-state index contributed by atoms with van der Waals surface area (Å²) in [6, 6.07) is 8.07. The predicted octanol–water partition coefficient (Wildman–Crippen LogP) is 1.22. The van der Waals surface area contributed by atoms with Gasteiger partial charge < -0.3 is 25.4 Å². The Hall–Kier alpha value is -1.43. The quantitative estimate of drug-likeness (QED) is 0.272. The summed E-state index contributed by atoms with van der Waals surface area (Å²) in [6.45, 7) is 9.23. The molecular weight excluding hydrogens is 509 g/mol. The topological polar surface area (TPSA) is 89.4 Å². The molecule has 0 bridgehead atoms. The molecule has 2 heterocycles. The number of guanidine groups is 1. The number of rotatable bonds is 7. The van der Waals surface area contributed by atoms with Crippen molar-refractivity contribution in [3.05, 3.63) is 29.8 Å². The molecule has 0 spiro atoms. The van der Waals surface area contributed by atoms with Gasteiger partial charge in [0.1, 0.15) is 6.54 Å². The summed E-state index contributed by atoms with van der Waals surface area (Å²) in [4.78, 5) is 21.3. The predicted molar refractivity (Wildman–Crippen MR) is 134 cm³/mol. The van der Waals surface area contributed by atoms with E-state index in [4.69, 9.17) is 4.74 Å². The van der Waals surface area contributed by atoms with Crippen molar-refractivity contribution in [2.75, 3.05) is 63.9 Å². The van der Waals surface area contributed by atoms with Crippen LogP contribution in [0, 0.1) is 0 Å². The highest BCUT2D eigenvalue weighted by Gasteiger charge is 2.26. The van der Waals surface area contributed by atoms with Gasteiger partial charge >= 0.3 is 0 Å². The van der Waals surface area contributed by atoms with E-state index >= 15 is 0 Å². The van der Waals surface area contributed by atoms with Crippen LogP contribution in [-0.4, -0.2) is 86.5 Å². The maximum atomic E-state index is 12.8. The van der Waals surface area contributed by atoms with Crippen LogP contribution in [0.5, 0.6) is 0 Å². The average Bonchev–Trinajstić information content (AvgIpc) is 2.75. The van der Waals surface area contributed by atoms with Crippen LogP contribution in [0.2, 0.25) is 0 Å². The van der Waals surface area contributed by atoms with E-state index in [-0.39, 0.29) is 36.4 Å². The molecule has 31 heavy (non-hydrogen) atoms. The first-order chi connectivity index (χ1) is 14.5. The third-order valence-corrected chi connectivity index (χ3v) is 5.43. The second kappa shape index (κ2) is 12.6. The lowest BCUT2D eigenvalue weighted by Crippen LogP contribution is -2.53. The summed E-state index contributed by atoms with van der Waals surface area (Å²) in [6.07, 6.45) is 1.97. The van der Waals surface area contributed by atoms with Gasteiger partial charge in [-0.1, -0.05) is 18.2 Å². The molecule has 0 radical (unpaired) electrons. The van der Waals surface area contributed by atoms with Crippen LogP contribution >= 0.6 is 24.0 Å². The molecule has 1 saturated heterocycles. The Labute approximate surface area is 202 Å². The fraction of sp³-hybridized carbons (Fsp3) is 0.636. The second-order valence-electron chi connectivity index (χ2n) is 8.21. The number of carbonyl (C=O) groups excluding carboxylic acids is 1. The van der Waals surface area contributed by atoms with Crippen molar-refractivity contribution in [3.63, 3.8) is 0 Å². The molecule has 1 fully saturated rings. The average molecular weight is 545 g/mol. The minimum atomic E-state index is -0.913. The molecule has 1 unspecified atom stereocenters. The van der Waals surface area contributed by atoms with Crippen LogP contribution in [0.15, 0.2) is 29.3 Å². The number of amides is 1. The minimum Gasteiger partial charge on any atom is -0.387 e. The summed E-state index contributed by atoms with van der Waals surface area (Å²) >= 11 is 0. The van der Waals surface area contributed by atoms with Crippen LogP contribution < -0.4 is 15.5 Å². The van der Waals surface area contributed by atoms with Gasteiger partial charge in [0.2, 0.25) is 5.91 Å². The van der Waals surface area contributed by atoms with Crippen LogP contribution in [0.4, 0.5) is 5.69 Å². The number of fused-ring (bicyclic) bond motifs is 1. The van der Waals surface area contributed by atoms with Crippen molar-refractivity contribution >= 4 is 41.5 Å². The van der Waals surface area contributed by atoms with Gasteiger partial charge in [-0.3, -0.25) is 9.69 Å². The van der Waals surface area contributed by atoms with Crippen molar-refractivity contribution in [1.29, 1.82) is 0 Å². The lowest BCUT2D eigenvalue weighted by atomic mass is 10.0. The molecule has 3 N–H and O–H groups in total. The zero-order valence-electron chi connectivity index (χ0n) is 18.6. The molecule has 1 amide bonds. The maximum absolute atomic E-state index is 12.8. The molecule has 0 aromatic heterocycles. The Morgan fingerprint density at radius 3 is 2.71 bits per heavy atom. The normalized spacial score (nSPS) is 19.1. The zero-order valence-corrected chi connectivity index (χ0v) is 20.9. The molecule has 8 nitrogen and oxygen atoms in total. The zero-order chi connectivity index (χ0) is 21.4. The molecular formula is C22H36IN5O3. The SMILES string of the molecule is CCNC(=NCC(=O)N1CCCc2ccccc21)NCC(C)(O)CN1CCOCC1.I. The monoisotopic (exact) mass is 545 g/mol. The highest BCUT2D eigenvalue weighted by molar-refractivity contribution is 14.0. The van der Waals surface area contributed by atoms with Gasteiger partial charge in [0.25, 0.3) is 0 Å². The first kappa shape index (κ1) is 25.8. The number of anilines is 1. The summed E-state index contributed by atoms with van der Waals surface area (Å²) in [5, 5.41) is 17.1. The number of nitrogens with zero attached hydrogens (tertiary/aromatic N) is 3. The Morgan fingerprint density at radius 2 is 1.97 bits per heavy atom. The molecule has 2 aliphatic heterocycles. The lowest BCUT2D eigenvalue weighted by Gasteiger charge is -2.34. The number of benzene rings is 1. The molecule has 0 saturated carbocycles. The number of ether oxygens (including phenoxy) is 1. The molecule has 2 aliphatic rings. The Balaban J connectivity index is 0.00000341. The molecule has 174 valence electrons. The third kappa shape index (κ3) is 7.89. The van der Waals surface area contributed by atoms with Crippen LogP contribution in [0.25, 0.3) is 0 Å². The summed E-state index contributed by atoms with van der Waals surface area (Å²) in [7, 11) is 0. The van der Waals surface area contributed by atoms with Crippen molar-refractivity contribution in [2.24, 2.45) is 4.99 Å². The summed E-state index contributed by atoms with van der Waals surface area (Å²) in [5.41, 5.74) is 1.30. The Bertz CT molecular complexity index is 738. The van der Waals surface area contributed by atoms with Gasteiger partial charge in [0.05, 0.1) is 18.8 Å². The largest absolute Gasteiger partial charge is 0.387 e. The molecule has 1 aromatic rings. The van der Waals surface area contributed by atoms with Gasteiger partial charge in [-0.05, 0) is 38.3 Å². The van der Waals surface area contributed by atoms with Crippen LogP contribution in [-0.2, 0) is 16.0 Å². The summed E-state index contributed by atoms with van der Waals surface area (Å²) in [5.74, 6) is 0.526. The van der Waals surface area contributed by atoms with E-state index in [1.54, 1.807) is 0 Å². The van der Waals surface area contributed by atoms with Crippen LogP contribution in [0.1, 0.15) is 25.8 Å². The number of morpholine rings is 1. The van der Waals surface area contributed by atoms with Crippen molar-refractivity contribution in [2.45, 2.75) is 32.3 Å². The van der Waals surface area contributed by atoms with Gasteiger partial charge in [-0.15, -0.1) is 24.0 Å². The molecule has 0 aliphatic carbocycles. The number of aryl methyl sites for hydroxylation is 1. The smallest absolute Gasteiger partial charge is 0.248 e. The fourth-order valence-electron chi connectivity index (χ4n) is 3.94. The number of para-hydroxylation sites is 1. The molecule has 1 aromatic carbocycles. The van der Waals surface area contributed by atoms with Crippen LogP contribution in [0.3, 0.4) is 0 Å². The number of β-amino-alcohol motifs (C(OH)–C–C–N with tert-alkyl or cyclic N) is 1. The number of nitrogens with one attached hydrogen (secondary N) is 2. The lowest BCUT2D eigenvalue weighted by molar-refractivity contribution is -0.117. The first-order valence-electron chi connectivity index (χ1n) is 10.9. The summed E-state index contributed by atoms with van der Waals surface area (Å²) < 4.78 is 5.37. The second-order valence-corrected chi connectivity index (χ2v) is 8.21. The van der Waals surface area contributed by atoms with E-state index in [1.807, 2.05) is 36.9 Å². The Morgan fingerprint density at radius 1 is 1.23 bits per heavy atom. The molecule has 9 heteroatoms. The van der Waals surface area contributed by atoms with Crippen molar-refractivity contribution in [1.82, 2.24) is 15.5 Å². The Kier molecular flexibility index (Phi) is 10.5. The van der Waals surface area contributed by atoms with Gasteiger partial charge in [0.15, 0.2) is 5.96 Å². The first-order valence-corrected chi connectivity index (χ1v) is 10.9. The number of halogens is 1. The molecule has 3 rings (SSSR count). The number of aliphatic hydroxyl groups is 1. The van der Waals surface area contributed by atoms with E-state index in [0.717, 1.165) is 38.2 Å². The van der Waals surface area contributed by atoms with Gasteiger partial charge in [0, 0.05) is 45.0 Å². The van der Waals surface area contributed by atoms with E-state index in [2.05, 4.69) is 26.6 Å². The number of hydrogen-bond donors (Lipinski definition) is 3. The number of carbonyl (C=O) groups is 1. The van der Waals surface area contributed by atoms with Crippen molar-refractivity contribution in [3.8, 4) is 0 Å². The van der Waals surface area contributed by atoms with Crippen molar-refractivity contribution < 1.29 is 14.6 Å². The highest BCUT2D eigenvalue weighted by atomic mass is 127. The number of hydrogen-bond acceptors (Lipinski definition) is 5. The minimum absolute atomic E-state index is 0. The van der Waals surface area contributed by atoms with E-state index in [0.29, 0.717) is 38.8 Å². The standard InChI is InChI=1S/C22H35N5O3.HI/c1-3-23-21(25-16-22(2,29)17-26-11-13-30-14-12-26)24-15-20(28)27-10-6-8-18-7-4-5-9-19(18)27;/h4-5,7,9,29H,3,6,8,10-17H2,1-2H3,(H2,23,24,25);1H. The third-order valence-electron chi connectivity index (χ3n) is 5.43. The van der Waals surface area contributed by atoms with E-state index in [9.17, 15) is 9.90 Å². The van der Waals surface area contributed by atoms with Gasteiger partial charge in [-0.25, -0.2) is 4.99 Å². The maximum Gasteiger partial charge on any atom is 0.248 e.